The van der Waals surface area contributed by atoms with Crippen LogP contribution >= 0.6 is 0 Å². The first-order valence-electron chi connectivity index (χ1n) is 8.44. The van der Waals surface area contributed by atoms with E-state index in [1.807, 2.05) is 62.9 Å². The van der Waals surface area contributed by atoms with E-state index in [0.29, 0.717) is 12.2 Å². The third kappa shape index (κ3) is 3.87. The van der Waals surface area contributed by atoms with Crippen molar-refractivity contribution in [3.63, 3.8) is 0 Å². The van der Waals surface area contributed by atoms with Crippen LogP contribution in [0.3, 0.4) is 0 Å². The Balaban J connectivity index is 1.80. The van der Waals surface area contributed by atoms with Crippen LogP contribution in [0.2, 0.25) is 0 Å². The minimum atomic E-state index is -0.372. The Morgan fingerprint density at radius 1 is 1.24 bits per heavy atom. The maximum atomic E-state index is 12.6. The highest BCUT2D eigenvalue weighted by atomic mass is 16.5. The summed E-state index contributed by atoms with van der Waals surface area (Å²) in [5.41, 5.74) is 10.1. The lowest BCUT2D eigenvalue weighted by Gasteiger charge is -2.40. The third-order valence-corrected chi connectivity index (χ3v) is 4.27. The zero-order valence-corrected chi connectivity index (χ0v) is 15.2. The van der Waals surface area contributed by atoms with Crippen molar-refractivity contribution in [1.29, 1.82) is 0 Å². The van der Waals surface area contributed by atoms with E-state index in [9.17, 15) is 4.79 Å². The highest BCUT2D eigenvalue weighted by molar-refractivity contribution is 5.95. The second-order valence-electron chi connectivity index (χ2n) is 7.31. The Kier molecular flexibility index (Phi) is 4.33. The molecule has 0 aliphatic carbocycles. The SMILES string of the molecule is Cc1ccc(NC(=O)CN2CC(C)(C)Oc3ccc(N)cc32)c(C)c1. The summed E-state index contributed by atoms with van der Waals surface area (Å²) in [7, 11) is 0. The summed E-state index contributed by atoms with van der Waals surface area (Å²) in [6, 6.07) is 11.5. The van der Waals surface area contributed by atoms with E-state index < -0.39 is 0 Å². The van der Waals surface area contributed by atoms with Crippen LogP contribution in [0.1, 0.15) is 25.0 Å². The van der Waals surface area contributed by atoms with Gasteiger partial charge in [0, 0.05) is 11.4 Å². The zero-order chi connectivity index (χ0) is 18.2. The minimum absolute atomic E-state index is 0.0574. The Hall–Kier alpha value is -2.69. The highest BCUT2D eigenvalue weighted by Crippen LogP contribution is 2.38. The van der Waals surface area contributed by atoms with Gasteiger partial charge in [-0.25, -0.2) is 0 Å². The van der Waals surface area contributed by atoms with Crippen molar-refractivity contribution in [1.82, 2.24) is 0 Å². The predicted octanol–water partition coefficient (Wildman–Crippen LogP) is 3.50. The number of ether oxygens (including phenoxy) is 1. The molecule has 0 atom stereocenters. The van der Waals surface area contributed by atoms with Crippen molar-refractivity contribution in [3.05, 3.63) is 47.5 Å². The molecular formula is C20H25N3O2. The summed E-state index contributed by atoms with van der Waals surface area (Å²) < 4.78 is 6.01. The van der Waals surface area contributed by atoms with E-state index in [1.165, 1.54) is 5.56 Å². The number of rotatable bonds is 3. The lowest BCUT2D eigenvalue weighted by atomic mass is 10.0. The lowest BCUT2D eigenvalue weighted by molar-refractivity contribution is -0.115. The van der Waals surface area contributed by atoms with Crippen molar-refractivity contribution >= 4 is 23.0 Å². The van der Waals surface area contributed by atoms with Crippen molar-refractivity contribution < 1.29 is 9.53 Å². The van der Waals surface area contributed by atoms with Crippen LogP contribution in [-0.4, -0.2) is 24.6 Å². The predicted molar refractivity (Wildman–Crippen MR) is 102 cm³/mol. The van der Waals surface area contributed by atoms with Crippen molar-refractivity contribution in [3.8, 4) is 5.75 Å². The number of carbonyl (C=O) groups is 1. The topological polar surface area (TPSA) is 67.6 Å². The molecule has 0 fully saturated rings. The summed E-state index contributed by atoms with van der Waals surface area (Å²) in [5.74, 6) is 0.697. The summed E-state index contributed by atoms with van der Waals surface area (Å²) in [5, 5.41) is 3.00. The van der Waals surface area contributed by atoms with Gasteiger partial charge in [-0.3, -0.25) is 4.79 Å². The molecule has 0 spiro atoms. The van der Waals surface area contributed by atoms with Gasteiger partial charge in [0.25, 0.3) is 0 Å². The van der Waals surface area contributed by atoms with Gasteiger partial charge < -0.3 is 20.7 Å². The van der Waals surface area contributed by atoms with Crippen LogP contribution in [0.4, 0.5) is 17.1 Å². The van der Waals surface area contributed by atoms with Gasteiger partial charge in [0.05, 0.1) is 18.8 Å². The number of hydrogen-bond acceptors (Lipinski definition) is 4. The van der Waals surface area contributed by atoms with Crippen molar-refractivity contribution in [2.75, 3.05) is 29.0 Å². The van der Waals surface area contributed by atoms with E-state index in [4.69, 9.17) is 10.5 Å². The maximum Gasteiger partial charge on any atom is 0.243 e. The first-order valence-corrected chi connectivity index (χ1v) is 8.44. The summed E-state index contributed by atoms with van der Waals surface area (Å²) in [4.78, 5) is 14.6. The molecule has 3 N–H and O–H groups in total. The van der Waals surface area contributed by atoms with Crippen molar-refractivity contribution in [2.45, 2.75) is 33.3 Å². The average molecular weight is 339 g/mol. The molecule has 5 nitrogen and oxygen atoms in total. The van der Waals surface area contributed by atoms with Crippen LogP contribution in [-0.2, 0) is 4.79 Å². The molecule has 1 aliphatic heterocycles. The molecule has 3 rings (SSSR count). The van der Waals surface area contributed by atoms with E-state index in [0.717, 1.165) is 22.7 Å². The molecule has 0 radical (unpaired) electrons. The molecule has 132 valence electrons. The minimum Gasteiger partial charge on any atom is -0.484 e. The number of nitrogens with one attached hydrogen (secondary N) is 1. The van der Waals surface area contributed by atoms with Crippen LogP contribution in [0.25, 0.3) is 0 Å². The van der Waals surface area contributed by atoms with E-state index in [-0.39, 0.29) is 18.1 Å². The zero-order valence-electron chi connectivity index (χ0n) is 15.2. The standard InChI is InChI=1S/C20H25N3O2/c1-13-5-7-16(14(2)9-13)22-19(24)11-23-12-20(3,4)25-18-8-6-15(21)10-17(18)23/h5-10H,11-12,21H2,1-4H3,(H,22,24). The first kappa shape index (κ1) is 17.1. The molecular weight excluding hydrogens is 314 g/mol. The number of nitrogens with zero attached hydrogens (tertiary/aromatic N) is 1. The molecule has 1 amide bonds. The summed E-state index contributed by atoms with van der Waals surface area (Å²) >= 11 is 0. The number of nitrogens with two attached hydrogens (primary N) is 1. The molecule has 0 bridgehead atoms. The molecule has 0 aromatic heterocycles. The Morgan fingerprint density at radius 2 is 2.00 bits per heavy atom. The number of aryl methyl sites for hydroxylation is 2. The normalized spacial score (nSPS) is 15.3. The fraction of sp³-hybridized carbons (Fsp3) is 0.350. The molecule has 0 saturated carbocycles. The fourth-order valence-electron chi connectivity index (χ4n) is 3.20. The van der Waals surface area contributed by atoms with Crippen LogP contribution in [0.5, 0.6) is 5.75 Å². The number of anilines is 3. The van der Waals surface area contributed by atoms with E-state index in [2.05, 4.69) is 11.4 Å². The second-order valence-corrected chi connectivity index (χ2v) is 7.31. The number of fused-ring (bicyclic) bond motifs is 1. The number of benzene rings is 2. The third-order valence-electron chi connectivity index (χ3n) is 4.27. The smallest absolute Gasteiger partial charge is 0.243 e. The van der Waals surface area contributed by atoms with Gasteiger partial charge >= 0.3 is 0 Å². The van der Waals surface area contributed by atoms with Crippen molar-refractivity contribution in [2.24, 2.45) is 0 Å². The van der Waals surface area contributed by atoms with Gasteiger partial charge in [0.15, 0.2) is 0 Å². The van der Waals surface area contributed by atoms with Gasteiger partial charge in [-0.05, 0) is 57.5 Å². The molecule has 0 unspecified atom stereocenters. The van der Waals surface area contributed by atoms with Gasteiger partial charge in [-0.15, -0.1) is 0 Å². The molecule has 1 aliphatic rings. The van der Waals surface area contributed by atoms with Gasteiger partial charge in [0.1, 0.15) is 11.4 Å². The fourth-order valence-corrected chi connectivity index (χ4v) is 3.20. The van der Waals surface area contributed by atoms with E-state index in [1.54, 1.807) is 0 Å². The lowest BCUT2D eigenvalue weighted by Crippen LogP contribution is -2.49. The number of carbonyl (C=O) groups excluding carboxylic acids is 1. The molecule has 5 heteroatoms. The van der Waals surface area contributed by atoms with E-state index >= 15 is 0 Å². The number of nitrogen functional groups attached to an aromatic ring is 1. The van der Waals surface area contributed by atoms with Crippen LogP contribution in [0.15, 0.2) is 36.4 Å². The highest BCUT2D eigenvalue weighted by Gasteiger charge is 2.32. The summed E-state index contributed by atoms with van der Waals surface area (Å²) in [6.07, 6.45) is 0. The van der Waals surface area contributed by atoms with Gasteiger partial charge in [-0.1, -0.05) is 17.7 Å². The Labute approximate surface area is 148 Å². The largest absolute Gasteiger partial charge is 0.484 e. The number of hydrogen-bond donors (Lipinski definition) is 2. The quantitative estimate of drug-likeness (QED) is 0.840. The second kappa shape index (κ2) is 6.31. The van der Waals surface area contributed by atoms with Crippen LogP contribution < -0.4 is 20.7 Å². The first-order chi connectivity index (χ1) is 11.7. The van der Waals surface area contributed by atoms with Crippen LogP contribution in [0, 0.1) is 13.8 Å². The van der Waals surface area contributed by atoms with Gasteiger partial charge in [-0.2, -0.15) is 0 Å². The summed E-state index contributed by atoms with van der Waals surface area (Å²) in [6.45, 7) is 8.93. The number of amides is 1. The molecule has 2 aromatic carbocycles. The molecule has 0 saturated heterocycles. The maximum absolute atomic E-state index is 12.6. The van der Waals surface area contributed by atoms with Gasteiger partial charge in [0.2, 0.25) is 5.91 Å². The average Bonchev–Trinajstić information content (AvgIpc) is 2.50. The monoisotopic (exact) mass is 339 g/mol. The molecule has 1 heterocycles. The molecule has 25 heavy (non-hydrogen) atoms. The Bertz CT molecular complexity index is 815. The Morgan fingerprint density at radius 3 is 2.72 bits per heavy atom. The molecule has 2 aromatic rings.